The lowest BCUT2D eigenvalue weighted by Gasteiger charge is -2.19. The maximum Gasteiger partial charge on any atom is 0.272 e. The predicted molar refractivity (Wildman–Crippen MR) is 73.6 cm³/mol. The highest BCUT2D eigenvalue weighted by Gasteiger charge is 2.17. The Balaban J connectivity index is 2.85. The van der Waals surface area contributed by atoms with Crippen molar-refractivity contribution in [3.63, 3.8) is 0 Å². The number of aliphatic hydroxyl groups excluding tert-OH is 1. The van der Waals surface area contributed by atoms with E-state index in [4.69, 9.17) is 4.74 Å². The third-order valence-electron chi connectivity index (χ3n) is 2.92. The number of carbonyl (C=O) groups excluding carboxylic acids is 1. The highest BCUT2D eigenvalue weighted by atomic mass is 16.5. The van der Waals surface area contributed by atoms with Gasteiger partial charge in [0.05, 0.1) is 25.8 Å². The summed E-state index contributed by atoms with van der Waals surface area (Å²) in [6, 6.07) is 2.32. The minimum absolute atomic E-state index is 0.100. The van der Waals surface area contributed by atoms with Crippen molar-refractivity contribution in [3.8, 4) is 0 Å². The van der Waals surface area contributed by atoms with E-state index in [-0.39, 0.29) is 36.4 Å². The van der Waals surface area contributed by atoms with Gasteiger partial charge in [-0.3, -0.25) is 9.59 Å². The van der Waals surface area contributed by atoms with E-state index in [1.807, 2.05) is 13.8 Å². The lowest BCUT2D eigenvalue weighted by Crippen LogP contribution is -2.42. The van der Waals surface area contributed by atoms with Crippen molar-refractivity contribution in [2.24, 2.45) is 5.92 Å². The molecule has 0 fully saturated rings. The fourth-order valence-corrected chi connectivity index (χ4v) is 1.57. The molecule has 0 saturated heterocycles. The van der Waals surface area contributed by atoms with Crippen LogP contribution in [-0.4, -0.2) is 47.2 Å². The van der Waals surface area contributed by atoms with Crippen molar-refractivity contribution in [1.82, 2.24) is 15.1 Å². The molecule has 1 aromatic rings. The van der Waals surface area contributed by atoms with Crippen molar-refractivity contribution in [2.75, 3.05) is 20.3 Å². The number of rotatable bonds is 7. The first-order valence-corrected chi connectivity index (χ1v) is 6.48. The molecule has 1 atom stereocenters. The number of nitrogens with one attached hydrogen (secondary N) is 1. The van der Waals surface area contributed by atoms with Crippen LogP contribution in [0.3, 0.4) is 0 Å². The lowest BCUT2D eigenvalue weighted by atomic mass is 10.1. The summed E-state index contributed by atoms with van der Waals surface area (Å²) in [4.78, 5) is 23.6. The van der Waals surface area contributed by atoms with Crippen LogP contribution in [-0.2, 0) is 11.3 Å². The van der Waals surface area contributed by atoms with Gasteiger partial charge in [-0.15, -0.1) is 0 Å². The average molecular weight is 283 g/mol. The van der Waals surface area contributed by atoms with E-state index in [0.29, 0.717) is 6.61 Å². The molecule has 1 amide bonds. The summed E-state index contributed by atoms with van der Waals surface area (Å²) in [5.41, 5.74) is -0.152. The van der Waals surface area contributed by atoms with Gasteiger partial charge in [-0.25, -0.2) is 4.68 Å². The van der Waals surface area contributed by atoms with Crippen LogP contribution in [0.15, 0.2) is 16.9 Å². The van der Waals surface area contributed by atoms with Crippen molar-refractivity contribution in [3.05, 3.63) is 28.2 Å². The maximum atomic E-state index is 12.0. The Bertz CT molecular complexity index is 499. The van der Waals surface area contributed by atoms with E-state index < -0.39 is 5.91 Å². The second kappa shape index (κ2) is 7.76. The molecule has 1 heterocycles. The molecule has 0 aromatic carbocycles. The van der Waals surface area contributed by atoms with Gasteiger partial charge in [0.2, 0.25) is 0 Å². The van der Waals surface area contributed by atoms with E-state index in [1.165, 1.54) is 23.9 Å². The molecule has 1 aromatic heterocycles. The van der Waals surface area contributed by atoms with Crippen LogP contribution in [0.5, 0.6) is 0 Å². The molecule has 0 aliphatic rings. The van der Waals surface area contributed by atoms with Gasteiger partial charge in [0.15, 0.2) is 0 Å². The maximum absolute atomic E-state index is 12.0. The fraction of sp³-hybridized carbons (Fsp3) is 0.615. The molecule has 112 valence electrons. The van der Waals surface area contributed by atoms with Gasteiger partial charge in [0.1, 0.15) is 5.69 Å². The second-order valence-electron chi connectivity index (χ2n) is 4.78. The summed E-state index contributed by atoms with van der Waals surface area (Å²) in [6.45, 7) is 4.27. The van der Waals surface area contributed by atoms with Crippen LogP contribution >= 0.6 is 0 Å². The van der Waals surface area contributed by atoms with Crippen molar-refractivity contribution >= 4 is 5.91 Å². The number of nitrogens with zero attached hydrogens (tertiary/aromatic N) is 2. The Hall–Kier alpha value is -1.73. The SMILES string of the molecule is COCCn1nc(C(=O)N[C@H](CO)C(C)C)ccc1=O. The minimum Gasteiger partial charge on any atom is -0.394 e. The molecule has 0 spiro atoms. The Labute approximate surface area is 117 Å². The van der Waals surface area contributed by atoms with Crippen molar-refractivity contribution in [2.45, 2.75) is 26.4 Å². The predicted octanol–water partition coefficient (Wildman–Crippen LogP) is -0.364. The van der Waals surface area contributed by atoms with Crippen molar-refractivity contribution in [1.29, 1.82) is 0 Å². The molecule has 2 N–H and O–H groups in total. The fourth-order valence-electron chi connectivity index (χ4n) is 1.57. The smallest absolute Gasteiger partial charge is 0.272 e. The highest BCUT2D eigenvalue weighted by Crippen LogP contribution is 2.02. The van der Waals surface area contributed by atoms with Crippen LogP contribution in [0.25, 0.3) is 0 Å². The summed E-state index contributed by atoms with van der Waals surface area (Å²) >= 11 is 0. The standard InChI is InChI=1S/C13H21N3O4/c1-9(2)11(8-17)14-13(19)10-4-5-12(18)16(15-10)6-7-20-3/h4-5,9,11,17H,6-8H2,1-3H3,(H,14,19)/t11-/m1/s1. The number of aliphatic hydroxyl groups is 1. The van der Waals surface area contributed by atoms with E-state index >= 15 is 0 Å². The summed E-state index contributed by atoms with van der Waals surface area (Å²) in [7, 11) is 1.52. The molecule has 0 bridgehead atoms. The van der Waals surface area contributed by atoms with Crippen LogP contribution in [0, 0.1) is 5.92 Å². The third-order valence-corrected chi connectivity index (χ3v) is 2.92. The molecular formula is C13H21N3O4. The van der Waals surface area contributed by atoms with Gasteiger partial charge in [-0.1, -0.05) is 13.8 Å². The number of hydrogen-bond acceptors (Lipinski definition) is 5. The molecule has 0 aliphatic carbocycles. The number of methoxy groups -OCH3 is 1. The largest absolute Gasteiger partial charge is 0.394 e. The molecular weight excluding hydrogens is 262 g/mol. The van der Waals surface area contributed by atoms with Crippen molar-refractivity contribution < 1.29 is 14.6 Å². The third kappa shape index (κ3) is 4.43. The number of hydrogen-bond donors (Lipinski definition) is 2. The van der Waals surface area contributed by atoms with Gasteiger partial charge in [-0.2, -0.15) is 5.10 Å². The van der Waals surface area contributed by atoms with Crippen LogP contribution in [0.2, 0.25) is 0 Å². The van der Waals surface area contributed by atoms with Gasteiger partial charge in [0, 0.05) is 13.2 Å². The quantitative estimate of drug-likeness (QED) is 0.712. The molecule has 7 nitrogen and oxygen atoms in total. The molecule has 7 heteroatoms. The lowest BCUT2D eigenvalue weighted by molar-refractivity contribution is 0.0888. The van der Waals surface area contributed by atoms with Crippen LogP contribution < -0.4 is 10.9 Å². The first kappa shape index (κ1) is 16.3. The molecule has 1 rings (SSSR count). The van der Waals surface area contributed by atoms with Crippen LogP contribution in [0.4, 0.5) is 0 Å². The Kier molecular flexibility index (Phi) is 6.33. The summed E-state index contributed by atoms with van der Waals surface area (Å²) in [5.74, 6) is -0.313. The van der Waals surface area contributed by atoms with Crippen LogP contribution in [0.1, 0.15) is 24.3 Å². The summed E-state index contributed by atoms with van der Waals surface area (Å²) < 4.78 is 6.06. The number of carbonyl (C=O) groups is 1. The van der Waals surface area contributed by atoms with E-state index in [0.717, 1.165) is 0 Å². The highest BCUT2D eigenvalue weighted by molar-refractivity contribution is 5.92. The zero-order valence-corrected chi connectivity index (χ0v) is 12.0. The van der Waals surface area contributed by atoms with E-state index in [2.05, 4.69) is 10.4 Å². The zero-order chi connectivity index (χ0) is 15.1. The Morgan fingerprint density at radius 2 is 2.20 bits per heavy atom. The first-order chi connectivity index (χ1) is 9.49. The normalized spacial score (nSPS) is 12.4. The first-order valence-electron chi connectivity index (χ1n) is 6.48. The average Bonchev–Trinajstić information content (AvgIpc) is 2.43. The monoisotopic (exact) mass is 283 g/mol. The summed E-state index contributed by atoms with van der Waals surface area (Å²) in [5, 5.41) is 15.9. The minimum atomic E-state index is -0.413. The molecule has 0 aliphatic heterocycles. The molecule has 20 heavy (non-hydrogen) atoms. The van der Waals surface area contributed by atoms with Gasteiger partial charge in [0.25, 0.3) is 11.5 Å². The number of ether oxygens (including phenoxy) is 1. The van der Waals surface area contributed by atoms with Gasteiger partial charge >= 0.3 is 0 Å². The molecule has 0 unspecified atom stereocenters. The van der Waals surface area contributed by atoms with E-state index in [9.17, 15) is 14.7 Å². The second-order valence-corrected chi connectivity index (χ2v) is 4.78. The number of amides is 1. The number of aromatic nitrogens is 2. The summed E-state index contributed by atoms with van der Waals surface area (Å²) in [6.07, 6.45) is 0. The van der Waals surface area contributed by atoms with Gasteiger partial charge in [-0.05, 0) is 12.0 Å². The topological polar surface area (TPSA) is 93.5 Å². The molecule has 0 radical (unpaired) electrons. The molecule has 0 saturated carbocycles. The van der Waals surface area contributed by atoms with Gasteiger partial charge < -0.3 is 15.2 Å². The zero-order valence-electron chi connectivity index (χ0n) is 12.0. The Morgan fingerprint density at radius 3 is 2.75 bits per heavy atom. The Morgan fingerprint density at radius 1 is 1.50 bits per heavy atom. The van der Waals surface area contributed by atoms with E-state index in [1.54, 1.807) is 0 Å².